The van der Waals surface area contributed by atoms with Crippen LogP contribution in [-0.4, -0.2) is 24.0 Å². The van der Waals surface area contributed by atoms with Crippen LogP contribution in [0.1, 0.15) is 0 Å². The molecule has 3 aromatic carbocycles. The van der Waals surface area contributed by atoms with Gasteiger partial charge in [0.05, 0.1) is 0 Å². The van der Waals surface area contributed by atoms with Crippen molar-refractivity contribution in [3.63, 3.8) is 0 Å². The van der Waals surface area contributed by atoms with E-state index in [1.807, 2.05) is 54.6 Å². The van der Waals surface area contributed by atoms with Crippen molar-refractivity contribution in [3.05, 3.63) is 91.0 Å². The van der Waals surface area contributed by atoms with Gasteiger partial charge in [-0.2, -0.15) is 0 Å². The van der Waals surface area contributed by atoms with E-state index in [0.29, 0.717) is 6.35 Å². The molecular weight excluding hydrogens is 331 g/mol. The van der Waals surface area contributed by atoms with Crippen molar-refractivity contribution in [1.82, 2.24) is 0 Å². The minimum absolute atomic E-state index is 0.290. The summed E-state index contributed by atoms with van der Waals surface area (Å²) in [6.07, 6.45) is 0.386. The van der Waals surface area contributed by atoms with Crippen LogP contribution < -0.4 is 15.9 Å². The third-order valence-corrected chi connectivity index (χ3v) is 8.94. The quantitative estimate of drug-likeness (QED) is 0.665. The molecule has 0 saturated carbocycles. The van der Waals surface area contributed by atoms with E-state index in [2.05, 4.69) is 36.4 Å². The number of aliphatic carboxylic acids is 1. The Balaban J connectivity index is 2.18. The molecule has 0 aliphatic rings. The topological polar surface area (TPSA) is 46.5 Å². The van der Waals surface area contributed by atoms with Crippen LogP contribution >= 0.6 is 7.26 Å². The molecule has 4 heteroatoms. The summed E-state index contributed by atoms with van der Waals surface area (Å²) in [7, 11) is -2.48. The Labute approximate surface area is 148 Å². The molecule has 0 atom stereocenters. The van der Waals surface area contributed by atoms with Crippen molar-refractivity contribution < 1.29 is 14.6 Å². The maximum absolute atomic E-state index is 11.0. The van der Waals surface area contributed by atoms with Gasteiger partial charge >= 0.3 is 148 Å². The fourth-order valence-electron chi connectivity index (χ4n) is 3.21. The number of carbonyl (C=O) groups is 1. The Bertz CT molecular complexity index is 708. The van der Waals surface area contributed by atoms with Gasteiger partial charge in [0.2, 0.25) is 0 Å². The summed E-state index contributed by atoms with van der Waals surface area (Å²) in [5.74, 6) is -0.947. The van der Waals surface area contributed by atoms with E-state index in [0.717, 1.165) is 0 Å². The monoisotopic (exact) mass is 352 g/mol. The van der Waals surface area contributed by atoms with Gasteiger partial charge in [0.25, 0.3) is 0 Å². The summed E-state index contributed by atoms with van der Waals surface area (Å²) in [5, 5.41) is 12.6. The molecule has 3 rings (SSSR count). The number of benzene rings is 3. The predicted molar refractivity (Wildman–Crippen MR) is 105 cm³/mol. The van der Waals surface area contributed by atoms with Gasteiger partial charge in [0, 0.05) is 0 Å². The molecule has 0 aliphatic heterocycles. The van der Waals surface area contributed by atoms with E-state index < -0.39 is 13.2 Å². The normalized spacial score (nSPS) is 11.8. The van der Waals surface area contributed by atoms with E-state index in [1.54, 1.807) is 0 Å². The van der Waals surface area contributed by atoms with Gasteiger partial charge in [-0.05, 0) is 0 Å². The van der Waals surface area contributed by atoms with Gasteiger partial charge in [0.15, 0.2) is 0 Å². The molecule has 25 heavy (non-hydrogen) atoms. The van der Waals surface area contributed by atoms with Crippen LogP contribution in [0.3, 0.4) is 0 Å². The van der Waals surface area contributed by atoms with Crippen LogP contribution in [0.15, 0.2) is 91.0 Å². The van der Waals surface area contributed by atoms with Crippen LogP contribution in [0.4, 0.5) is 0 Å². The Kier molecular flexibility index (Phi) is 5.60. The standard InChI is InChI=1S/C21H21O3P/c22-21(23)16-24-17-25(18-10-4-1-5-11-18,19-12-6-2-7-13-19)20-14-8-3-9-15-20/h1-15,25H,16-17H2,(H,22,23). The van der Waals surface area contributed by atoms with Crippen LogP contribution in [0.2, 0.25) is 0 Å². The number of carboxylic acid groups (broad SMARTS) is 1. The minimum atomic E-state index is -2.48. The van der Waals surface area contributed by atoms with Gasteiger partial charge in [-0.25, -0.2) is 0 Å². The summed E-state index contributed by atoms with van der Waals surface area (Å²) in [4.78, 5) is 11.0. The van der Waals surface area contributed by atoms with Gasteiger partial charge in [-0.1, -0.05) is 0 Å². The molecule has 3 aromatic rings. The first kappa shape index (κ1) is 17.3. The number of carboxylic acids is 1. The van der Waals surface area contributed by atoms with Crippen LogP contribution in [0.25, 0.3) is 0 Å². The molecule has 0 amide bonds. The molecule has 3 nitrogen and oxygen atoms in total. The van der Waals surface area contributed by atoms with Gasteiger partial charge in [-0.15, -0.1) is 0 Å². The molecule has 0 heterocycles. The first-order valence-electron chi connectivity index (χ1n) is 8.19. The zero-order valence-electron chi connectivity index (χ0n) is 13.8. The van der Waals surface area contributed by atoms with E-state index >= 15 is 0 Å². The summed E-state index contributed by atoms with van der Waals surface area (Å²) < 4.78 is 5.69. The van der Waals surface area contributed by atoms with Gasteiger partial charge in [-0.3, -0.25) is 0 Å². The molecule has 0 aliphatic carbocycles. The maximum atomic E-state index is 11.0. The summed E-state index contributed by atoms with van der Waals surface area (Å²) in [6, 6.07) is 30.9. The van der Waals surface area contributed by atoms with E-state index in [-0.39, 0.29) is 6.61 Å². The summed E-state index contributed by atoms with van der Waals surface area (Å²) in [5.41, 5.74) is 0. The second-order valence-corrected chi connectivity index (χ2v) is 9.72. The Morgan fingerprint density at radius 2 is 1.08 bits per heavy atom. The Hall–Kier alpha value is -2.48. The fraction of sp³-hybridized carbons (Fsp3) is 0.0952. The molecule has 0 unspecified atom stereocenters. The zero-order chi connectivity index (χ0) is 17.5. The average molecular weight is 352 g/mol. The number of rotatable bonds is 7. The second kappa shape index (κ2) is 8.06. The molecule has 0 saturated heterocycles. The summed E-state index contributed by atoms with van der Waals surface area (Å²) >= 11 is 0. The Morgan fingerprint density at radius 3 is 1.40 bits per heavy atom. The van der Waals surface area contributed by atoms with Crippen molar-refractivity contribution in [2.45, 2.75) is 0 Å². The summed E-state index contributed by atoms with van der Waals surface area (Å²) in [6.45, 7) is -0.290. The van der Waals surface area contributed by atoms with Gasteiger partial charge in [0.1, 0.15) is 0 Å². The molecule has 128 valence electrons. The zero-order valence-corrected chi connectivity index (χ0v) is 14.8. The Morgan fingerprint density at radius 1 is 0.720 bits per heavy atom. The molecule has 0 aromatic heterocycles. The van der Waals surface area contributed by atoms with Crippen LogP contribution in [0, 0.1) is 0 Å². The molecular formula is C21H21O3P. The fourth-order valence-corrected chi connectivity index (χ4v) is 7.40. The number of hydrogen-bond acceptors (Lipinski definition) is 2. The molecule has 0 bridgehead atoms. The number of hydrogen-bond donors (Lipinski definition) is 1. The van der Waals surface area contributed by atoms with Crippen molar-refractivity contribution >= 4 is 29.1 Å². The van der Waals surface area contributed by atoms with Crippen LogP contribution in [0.5, 0.6) is 0 Å². The van der Waals surface area contributed by atoms with Crippen molar-refractivity contribution in [1.29, 1.82) is 0 Å². The first-order chi connectivity index (χ1) is 12.2. The van der Waals surface area contributed by atoms with E-state index in [9.17, 15) is 4.79 Å². The van der Waals surface area contributed by atoms with Crippen molar-refractivity contribution in [2.24, 2.45) is 0 Å². The molecule has 0 fully saturated rings. The number of ether oxygens (including phenoxy) is 1. The van der Waals surface area contributed by atoms with Crippen LogP contribution in [-0.2, 0) is 9.53 Å². The SMILES string of the molecule is O=C(O)COC[PH](c1ccccc1)(c1ccccc1)c1ccccc1. The average Bonchev–Trinajstić information content (AvgIpc) is 2.67. The molecule has 1 N–H and O–H groups in total. The second-order valence-electron chi connectivity index (χ2n) is 5.89. The van der Waals surface area contributed by atoms with E-state index in [1.165, 1.54) is 15.9 Å². The molecule has 0 spiro atoms. The van der Waals surface area contributed by atoms with Gasteiger partial charge < -0.3 is 0 Å². The molecule has 0 radical (unpaired) electrons. The third-order valence-electron chi connectivity index (χ3n) is 4.34. The predicted octanol–water partition coefficient (Wildman–Crippen LogP) is 2.77. The third kappa shape index (κ3) is 3.79. The van der Waals surface area contributed by atoms with Crippen molar-refractivity contribution in [2.75, 3.05) is 13.0 Å². The van der Waals surface area contributed by atoms with Crippen molar-refractivity contribution in [3.8, 4) is 0 Å². The first-order valence-corrected chi connectivity index (χ1v) is 10.4. The van der Waals surface area contributed by atoms with E-state index in [4.69, 9.17) is 9.84 Å².